The second-order valence-corrected chi connectivity index (χ2v) is 7.18. The van der Waals surface area contributed by atoms with E-state index in [0.717, 1.165) is 18.7 Å². The Hall–Kier alpha value is -2.84. The molecule has 1 aliphatic heterocycles. The van der Waals surface area contributed by atoms with Crippen molar-refractivity contribution >= 4 is 5.96 Å². The quantitative estimate of drug-likeness (QED) is 0.496. The topological polar surface area (TPSA) is 67.4 Å². The summed E-state index contributed by atoms with van der Waals surface area (Å²) >= 11 is 0. The van der Waals surface area contributed by atoms with Gasteiger partial charge in [0, 0.05) is 38.8 Å². The average Bonchev–Trinajstić information content (AvgIpc) is 2.82. The van der Waals surface area contributed by atoms with E-state index >= 15 is 0 Å². The molecular weight excluding hydrogens is 399 g/mol. The van der Waals surface area contributed by atoms with Crippen LogP contribution in [0.5, 0.6) is 11.5 Å². The monoisotopic (exact) mass is 430 g/mol. The van der Waals surface area contributed by atoms with Crippen LogP contribution >= 0.6 is 0 Å². The smallest absolute Gasteiger partial charge is 0.191 e. The molecule has 1 unspecified atom stereocenters. The molecule has 0 aromatic heterocycles. The summed E-state index contributed by atoms with van der Waals surface area (Å²) in [6.07, 6.45) is 0. The third kappa shape index (κ3) is 6.08. The maximum Gasteiger partial charge on any atom is 0.191 e. The van der Waals surface area contributed by atoms with E-state index in [0.29, 0.717) is 49.3 Å². The number of ether oxygens (including phenoxy) is 3. The lowest BCUT2D eigenvalue weighted by Crippen LogP contribution is -2.46. The predicted octanol–water partition coefficient (Wildman–Crippen LogP) is 2.58. The Morgan fingerprint density at radius 2 is 1.84 bits per heavy atom. The molecule has 0 aliphatic carbocycles. The van der Waals surface area contributed by atoms with Gasteiger partial charge in [-0.25, -0.2) is 4.39 Å². The van der Waals surface area contributed by atoms with Crippen molar-refractivity contribution < 1.29 is 18.6 Å². The van der Waals surface area contributed by atoms with Gasteiger partial charge in [-0.2, -0.15) is 0 Å². The van der Waals surface area contributed by atoms with Crippen molar-refractivity contribution in [2.45, 2.75) is 12.6 Å². The Morgan fingerprint density at radius 1 is 1.10 bits per heavy atom. The number of rotatable bonds is 8. The van der Waals surface area contributed by atoms with Gasteiger partial charge in [0.1, 0.15) is 5.82 Å². The Morgan fingerprint density at radius 3 is 2.52 bits per heavy atom. The van der Waals surface area contributed by atoms with Gasteiger partial charge in [-0.1, -0.05) is 24.3 Å². The van der Waals surface area contributed by atoms with Gasteiger partial charge in [0.15, 0.2) is 17.5 Å². The summed E-state index contributed by atoms with van der Waals surface area (Å²) in [5.74, 6) is 1.77. The average molecular weight is 431 g/mol. The van der Waals surface area contributed by atoms with Crippen LogP contribution in [0, 0.1) is 5.82 Å². The van der Waals surface area contributed by atoms with E-state index in [1.807, 2.05) is 18.2 Å². The van der Waals surface area contributed by atoms with Gasteiger partial charge in [0.05, 0.1) is 33.5 Å². The van der Waals surface area contributed by atoms with Crippen molar-refractivity contribution in [1.29, 1.82) is 0 Å². The molecule has 0 bridgehead atoms. The number of nitrogens with zero attached hydrogens (tertiary/aromatic N) is 2. The second-order valence-electron chi connectivity index (χ2n) is 7.18. The second kappa shape index (κ2) is 11.5. The fraction of sp³-hybridized carbons (Fsp3) is 0.435. The minimum atomic E-state index is -0.234. The molecule has 2 N–H and O–H groups in total. The Labute approximate surface area is 183 Å². The summed E-state index contributed by atoms with van der Waals surface area (Å²) in [4.78, 5) is 6.67. The highest BCUT2D eigenvalue weighted by Gasteiger charge is 2.24. The Kier molecular flexibility index (Phi) is 8.49. The first-order chi connectivity index (χ1) is 15.2. The van der Waals surface area contributed by atoms with Gasteiger partial charge in [0.2, 0.25) is 0 Å². The first kappa shape index (κ1) is 22.8. The molecule has 7 nitrogen and oxygen atoms in total. The molecule has 1 fully saturated rings. The highest BCUT2D eigenvalue weighted by Crippen LogP contribution is 2.32. The number of morpholine rings is 1. The minimum absolute atomic E-state index is 0.0794. The van der Waals surface area contributed by atoms with Crippen LogP contribution in [0.3, 0.4) is 0 Å². The summed E-state index contributed by atoms with van der Waals surface area (Å²) in [5, 5.41) is 6.57. The molecule has 1 saturated heterocycles. The molecule has 8 heteroatoms. The number of aliphatic imine (C=N–C) groups is 1. The number of methoxy groups -OCH3 is 2. The van der Waals surface area contributed by atoms with Gasteiger partial charge in [-0.3, -0.25) is 9.89 Å². The first-order valence-corrected chi connectivity index (χ1v) is 10.4. The molecule has 0 amide bonds. The first-order valence-electron chi connectivity index (χ1n) is 10.4. The van der Waals surface area contributed by atoms with E-state index in [1.54, 1.807) is 33.4 Å². The lowest BCUT2D eigenvalue weighted by Gasteiger charge is -2.35. The summed E-state index contributed by atoms with van der Waals surface area (Å²) in [5.41, 5.74) is 1.70. The van der Waals surface area contributed by atoms with Crippen LogP contribution in [0.4, 0.5) is 4.39 Å². The molecule has 31 heavy (non-hydrogen) atoms. The molecule has 1 atom stereocenters. The number of benzene rings is 2. The van der Waals surface area contributed by atoms with Gasteiger partial charge >= 0.3 is 0 Å². The third-order valence-corrected chi connectivity index (χ3v) is 5.37. The van der Waals surface area contributed by atoms with Crippen LogP contribution in [-0.2, 0) is 11.3 Å². The van der Waals surface area contributed by atoms with Crippen molar-refractivity contribution in [3.8, 4) is 11.5 Å². The van der Waals surface area contributed by atoms with Gasteiger partial charge in [0.25, 0.3) is 0 Å². The lowest BCUT2D eigenvalue weighted by atomic mass is 10.0. The molecular formula is C23H31FN4O3. The van der Waals surface area contributed by atoms with Crippen LogP contribution in [0.2, 0.25) is 0 Å². The van der Waals surface area contributed by atoms with E-state index in [2.05, 4.69) is 26.6 Å². The maximum absolute atomic E-state index is 13.9. The van der Waals surface area contributed by atoms with Crippen molar-refractivity contribution in [2.24, 2.45) is 4.99 Å². The van der Waals surface area contributed by atoms with Crippen molar-refractivity contribution in [1.82, 2.24) is 15.5 Å². The fourth-order valence-electron chi connectivity index (χ4n) is 3.64. The van der Waals surface area contributed by atoms with Gasteiger partial charge in [-0.15, -0.1) is 0 Å². The largest absolute Gasteiger partial charge is 0.493 e. The number of nitrogens with one attached hydrogen (secondary N) is 2. The number of hydrogen-bond acceptors (Lipinski definition) is 5. The van der Waals surface area contributed by atoms with E-state index in [9.17, 15) is 4.39 Å². The number of halogens is 1. The van der Waals surface area contributed by atoms with Gasteiger partial charge < -0.3 is 24.8 Å². The zero-order chi connectivity index (χ0) is 22.1. The zero-order valence-corrected chi connectivity index (χ0v) is 18.4. The molecule has 3 rings (SSSR count). The SMILES string of the molecule is CN=C(NCc1ccccc1F)NCC(c1ccc(OC)c(OC)c1)N1CCOCC1. The zero-order valence-electron chi connectivity index (χ0n) is 18.4. The predicted molar refractivity (Wildman–Crippen MR) is 119 cm³/mol. The van der Waals surface area contributed by atoms with Crippen LogP contribution in [-0.4, -0.2) is 65.0 Å². The van der Waals surface area contributed by atoms with E-state index in [1.165, 1.54) is 6.07 Å². The molecule has 168 valence electrons. The molecule has 0 spiro atoms. The minimum Gasteiger partial charge on any atom is -0.493 e. The van der Waals surface area contributed by atoms with Gasteiger partial charge in [-0.05, 0) is 23.8 Å². The molecule has 0 radical (unpaired) electrons. The summed E-state index contributed by atoms with van der Waals surface area (Å²) < 4.78 is 30.3. The fourth-order valence-corrected chi connectivity index (χ4v) is 3.64. The number of guanidine groups is 1. The normalized spacial score (nSPS) is 15.9. The molecule has 2 aromatic rings. The summed E-state index contributed by atoms with van der Waals surface area (Å²) in [7, 11) is 4.97. The van der Waals surface area contributed by atoms with Crippen molar-refractivity contribution in [3.63, 3.8) is 0 Å². The Balaban J connectivity index is 1.71. The lowest BCUT2D eigenvalue weighted by molar-refractivity contribution is 0.0169. The maximum atomic E-state index is 13.9. The van der Waals surface area contributed by atoms with Crippen LogP contribution < -0.4 is 20.1 Å². The van der Waals surface area contributed by atoms with E-state index in [4.69, 9.17) is 14.2 Å². The molecule has 1 aliphatic rings. The van der Waals surface area contributed by atoms with E-state index < -0.39 is 0 Å². The van der Waals surface area contributed by atoms with E-state index in [-0.39, 0.29) is 11.9 Å². The highest BCUT2D eigenvalue weighted by atomic mass is 19.1. The molecule has 1 heterocycles. The number of hydrogen-bond donors (Lipinski definition) is 2. The Bertz CT molecular complexity index is 872. The van der Waals surface area contributed by atoms with Crippen molar-refractivity contribution in [2.75, 3.05) is 54.1 Å². The third-order valence-electron chi connectivity index (χ3n) is 5.37. The van der Waals surface area contributed by atoms with Crippen LogP contribution in [0.15, 0.2) is 47.5 Å². The highest BCUT2D eigenvalue weighted by molar-refractivity contribution is 5.79. The van der Waals surface area contributed by atoms with Crippen LogP contribution in [0.1, 0.15) is 17.2 Å². The summed E-state index contributed by atoms with van der Waals surface area (Å²) in [6.45, 7) is 4.04. The summed E-state index contributed by atoms with van der Waals surface area (Å²) in [6, 6.07) is 12.8. The molecule has 0 saturated carbocycles. The molecule has 2 aromatic carbocycles. The van der Waals surface area contributed by atoms with Crippen molar-refractivity contribution in [3.05, 3.63) is 59.4 Å². The van der Waals surface area contributed by atoms with Crippen LogP contribution in [0.25, 0.3) is 0 Å². The standard InChI is InChI=1S/C23H31FN4O3/c1-25-23(26-15-18-6-4-5-7-19(18)24)27-16-20(28-10-12-31-13-11-28)17-8-9-21(29-2)22(14-17)30-3/h4-9,14,20H,10-13,15-16H2,1-3H3,(H2,25,26,27).